The second-order valence-corrected chi connectivity index (χ2v) is 6.69. The van der Waals surface area contributed by atoms with E-state index in [1.165, 1.54) is 11.3 Å². The molecule has 0 radical (unpaired) electrons. The Morgan fingerprint density at radius 1 is 1.35 bits per heavy atom. The summed E-state index contributed by atoms with van der Waals surface area (Å²) in [6.45, 7) is 4.26. The molecule has 0 aliphatic carbocycles. The van der Waals surface area contributed by atoms with Crippen molar-refractivity contribution in [2.45, 2.75) is 24.9 Å². The standard InChI is InChI=1S/C13H14ClNS2/c1-9(11-3-5-12(14)6-4-11)16-7-13-8-17-10(2)15-13/h3-6,8-9H,7H2,1-2H3. The molecule has 0 bridgehead atoms. The Kier molecular flexibility index (Phi) is 4.48. The van der Waals surface area contributed by atoms with E-state index in [1.807, 2.05) is 30.8 Å². The Morgan fingerprint density at radius 3 is 2.65 bits per heavy atom. The van der Waals surface area contributed by atoms with Crippen LogP contribution in [0.4, 0.5) is 0 Å². The highest BCUT2D eigenvalue weighted by atomic mass is 35.5. The van der Waals surface area contributed by atoms with Gasteiger partial charge in [-0.15, -0.1) is 23.1 Å². The van der Waals surface area contributed by atoms with Crippen molar-refractivity contribution in [3.8, 4) is 0 Å². The van der Waals surface area contributed by atoms with Gasteiger partial charge in [0.15, 0.2) is 0 Å². The number of thiazole rings is 1. The van der Waals surface area contributed by atoms with Gasteiger partial charge in [0.2, 0.25) is 0 Å². The molecule has 0 amide bonds. The topological polar surface area (TPSA) is 12.9 Å². The molecule has 4 heteroatoms. The summed E-state index contributed by atoms with van der Waals surface area (Å²) in [4.78, 5) is 4.47. The van der Waals surface area contributed by atoms with E-state index in [9.17, 15) is 0 Å². The predicted octanol–water partition coefficient (Wildman–Crippen LogP) is 5.10. The molecule has 1 aromatic carbocycles. The number of benzene rings is 1. The third-order valence-electron chi connectivity index (χ3n) is 2.49. The molecular weight excluding hydrogens is 270 g/mol. The zero-order valence-electron chi connectivity index (χ0n) is 9.81. The Bertz CT molecular complexity index is 478. The van der Waals surface area contributed by atoms with Crippen molar-refractivity contribution in [2.75, 3.05) is 0 Å². The van der Waals surface area contributed by atoms with Gasteiger partial charge in [-0.1, -0.05) is 23.7 Å². The summed E-state index contributed by atoms with van der Waals surface area (Å²) >= 11 is 9.49. The van der Waals surface area contributed by atoms with Crippen LogP contribution < -0.4 is 0 Å². The van der Waals surface area contributed by atoms with Crippen molar-refractivity contribution in [3.05, 3.63) is 50.9 Å². The summed E-state index contributed by atoms with van der Waals surface area (Å²) in [6, 6.07) is 8.07. The molecule has 1 atom stereocenters. The lowest BCUT2D eigenvalue weighted by Crippen LogP contribution is -1.90. The van der Waals surface area contributed by atoms with Gasteiger partial charge in [-0.2, -0.15) is 0 Å². The Balaban J connectivity index is 1.93. The molecule has 1 nitrogen and oxygen atoms in total. The van der Waals surface area contributed by atoms with Crippen LogP contribution in [0.5, 0.6) is 0 Å². The van der Waals surface area contributed by atoms with Gasteiger partial charge in [0.25, 0.3) is 0 Å². The average Bonchev–Trinajstić information content (AvgIpc) is 2.73. The zero-order chi connectivity index (χ0) is 12.3. The highest BCUT2D eigenvalue weighted by Crippen LogP contribution is 2.31. The minimum Gasteiger partial charge on any atom is -0.246 e. The third-order valence-corrected chi connectivity index (χ3v) is 4.80. The summed E-state index contributed by atoms with van der Waals surface area (Å²) in [6.07, 6.45) is 0. The normalized spacial score (nSPS) is 12.6. The number of aromatic nitrogens is 1. The number of hydrogen-bond donors (Lipinski definition) is 0. The quantitative estimate of drug-likeness (QED) is 0.774. The van der Waals surface area contributed by atoms with Gasteiger partial charge in [0, 0.05) is 21.4 Å². The summed E-state index contributed by atoms with van der Waals surface area (Å²) < 4.78 is 0. The number of hydrogen-bond acceptors (Lipinski definition) is 3. The molecule has 0 saturated carbocycles. The predicted molar refractivity (Wildman–Crippen MR) is 78.0 cm³/mol. The van der Waals surface area contributed by atoms with Gasteiger partial charge in [0.05, 0.1) is 10.7 Å². The maximum Gasteiger partial charge on any atom is 0.0897 e. The maximum atomic E-state index is 5.88. The Morgan fingerprint density at radius 2 is 2.06 bits per heavy atom. The molecule has 0 spiro atoms. The monoisotopic (exact) mass is 283 g/mol. The molecule has 1 heterocycles. The van der Waals surface area contributed by atoms with Gasteiger partial charge in [-0.25, -0.2) is 4.98 Å². The van der Waals surface area contributed by atoms with E-state index in [0.717, 1.165) is 15.8 Å². The molecule has 0 aliphatic heterocycles. The average molecular weight is 284 g/mol. The van der Waals surface area contributed by atoms with Crippen LogP contribution in [-0.4, -0.2) is 4.98 Å². The fourth-order valence-electron chi connectivity index (χ4n) is 1.51. The molecule has 0 saturated heterocycles. The highest BCUT2D eigenvalue weighted by molar-refractivity contribution is 7.98. The number of aryl methyl sites for hydroxylation is 1. The minimum absolute atomic E-state index is 0.467. The van der Waals surface area contributed by atoms with E-state index >= 15 is 0 Å². The number of rotatable bonds is 4. The van der Waals surface area contributed by atoms with Crippen LogP contribution in [0.25, 0.3) is 0 Å². The molecular formula is C13H14ClNS2. The first-order chi connectivity index (χ1) is 8.15. The summed E-state index contributed by atoms with van der Waals surface area (Å²) in [5, 5.41) is 4.53. The fraction of sp³-hybridized carbons (Fsp3) is 0.308. The minimum atomic E-state index is 0.467. The van der Waals surface area contributed by atoms with E-state index < -0.39 is 0 Å². The SMILES string of the molecule is Cc1nc(CSC(C)c2ccc(Cl)cc2)cs1. The van der Waals surface area contributed by atoms with Crippen LogP contribution in [-0.2, 0) is 5.75 Å². The largest absolute Gasteiger partial charge is 0.246 e. The second-order valence-electron chi connectivity index (χ2n) is 3.86. The fourth-order valence-corrected chi connectivity index (χ4v) is 3.28. The molecule has 0 N–H and O–H groups in total. The van der Waals surface area contributed by atoms with Crippen LogP contribution in [0, 0.1) is 6.92 Å². The molecule has 17 heavy (non-hydrogen) atoms. The van der Waals surface area contributed by atoms with Gasteiger partial charge in [0.1, 0.15) is 0 Å². The van der Waals surface area contributed by atoms with Crippen LogP contribution in [0.1, 0.15) is 28.4 Å². The molecule has 0 fully saturated rings. The molecule has 2 rings (SSSR count). The van der Waals surface area contributed by atoms with Crippen LogP contribution >= 0.6 is 34.7 Å². The van der Waals surface area contributed by atoms with Crippen molar-refractivity contribution < 1.29 is 0 Å². The van der Waals surface area contributed by atoms with Crippen molar-refractivity contribution in [3.63, 3.8) is 0 Å². The number of thioether (sulfide) groups is 1. The van der Waals surface area contributed by atoms with Crippen molar-refractivity contribution in [1.82, 2.24) is 4.98 Å². The van der Waals surface area contributed by atoms with E-state index in [0.29, 0.717) is 5.25 Å². The third kappa shape index (κ3) is 3.73. The Hall–Kier alpha value is -0.510. The molecule has 1 aromatic heterocycles. The van der Waals surface area contributed by atoms with Crippen molar-refractivity contribution in [1.29, 1.82) is 0 Å². The van der Waals surface area contributed by atoms with Gasteiger partial charge < -0.3 is 0 Å². The van der Waals surface area contributed by atoms with Crippen LogP contribution in [0.2, 0.25) is 5.02 Å². The van der Waals surface area contributed by atoms with Crippen LogP contribution in [0.3, 0.4) is 0 Å². The Labute approximate surface area is 115 Å². The van der Waals surface area contributed by atoms with E-state index in [2.05, 4.69) is 29.4 Å². The zero-order valence-corrected chi connectivity index (χ0v) is 12.2. The van der Waals surface area contributed by atoms with E-state index in [4.69, 9.17) is 11.6 Å². The maximum absolute atomic E-state index is 5.88. The smallest absolute Gasteiger partial charge is 0.0897 e. The lowest BCUT2D eigenvalue weighted by Gasteiger charge is -2.10. The first-order valence-electron chi connectivity index (χ1n) is 5.43. The summed E-state index contributed by atoms with van der Waals surface area (Å²) in [7, 11) is 0. The van der Waals surface area contributed by atoms with Gasteiger partial charge >= 0.3 is 0 Å². The molecule has 2 aromatic rings. The number of halogens is 1. The van der Waals surface area contributed by atoms with Crippen molar-refractivity contribution >= 4 is 34.7 Å². The first kappa shape index (κ1) is 12.9. The molecule has 1 unspecified atom stereocenters. The van der Waals surface area contributed by atoms with E-state index in [-0.39, 0.29) is 0 Å². The first-order valence-corrected chi connectivity index (χ1v) is 7.74. The molecule has 90 valence electrons. The van der Waals surface area contributed by atoms with Gasteiger partial charge in [-0.05, 0) is 31.5 Å². The summed E-state index contributed by atoms with van der Waals surface area (Å²) in [5.41, 5.74) is 2.49. The van der Waals surface area contributed by atoms with Crippen molar-refractivity contribution in [2.24, 2.45) is 0 Å². The highest BCUT2D eigenvalue weighted by Gasteiger charge is 2.07. The number of nitrogens with zero attached hydrogens (tertiary/aromatic N) is 1. The van der Waals surface area contributed by atoms with Crippen LogP contribution in [0.15, 0.2) is 29.6 Å². The lowest BCUT2D eigenvalue weighted by atomic mass is 10.2. The van der Waals surface area contributed by atoms with E-state index in [1.54, 1.807) is 11.3 Å². The summed E-state index contributed by atoms with van der Waals surface area (Å²) in [5.74, 6) is 0.966. The van der Waals surface area contributed by atoms with Gasteiger partial charge in [-0.3, -0.25) is 0 Å². The second kappa shape index (κ2) is 5.89. The lowest BCUT2D eigenvalue weighted by molar-refractivity contribution is 1.08. The molecule has 0 aliphatic rings.